The first kappa shape index (κ1) is 15.3. The Balaban J connectivity index is 3.13. The van der Waals surface area contributed by atoms with Crippen LogP contribution in [0.4, 0.5) is 11.4 Å². The van der Waals surface area contributed by atoms with Gasteiger partial charge in [-0.15, -0.1) is 0 Å². The Morgan fingerprint density at radius 2 is 2.16 bits per heavy atom. The number of methoxy groups -OCH3 is 1. The standard InChI is InChI=1S/C10H15N3O5S/c1-7(18-2)6-12-19(16,17)10-5-8(11)3-4-9(10)13(14)15/h3-5,7,12H,6,11H2,1-2H3. The molecule has 0 heterocycles. The van der Waals surface area contributed by atoms with Crippen molar-refractivity contribution in [1.29, 1.82) is 0 Å². The van der Waals surface area contributed by atoms with Gasteiger partial charge in [0.1, 0.15) is 0 Å². The van der Waals surface area contributed by atoms with Crippen molar-refractivity contribution in [2.45, 2.75) is 17.9 Å². The molecule has 106 valence electrons. The van der Waals surface area contributed by atoms with Crippen molar-refractivity contribution in [2.24, 2.45) is 0 Å². The van der Waals surface area contributed by atoms with Crippen LogP contribution in [-0.2, 0) is 14.8 Å². The lowest BCUT2D eigenvalue weighted by Crippen LogP contribution is -2.32. The Bertz CT molecular complexity index is 573. The molecular weight excluding hydrogens is 274 g/mol. The van der Waals surface area contributed by atoms with Crippen molar-refractivity contribution < 1.29 is 18.1 Å². The van der Waals surface area contributed by atoms with Crippen molar-refractivity contribution in [3.63, 3.8) is 0 Å². The minimum Gasteiger partial charge on any atom is -0.399 e. The van der Waals surface area contributed by atoms with E-state index in [-0.39, 0.29) is 18.3 Å². The summed E-state index contributed by atoms with van der Waals surface area (Å²) in [5.41, 5.74) is 5.08. The van der Waals surface area contributed by atoms with E-state index >= 15 is 0 Å². The van der Waals surface area contributed by atoms with Crippen molar-refractivity contribution >= 4 is 21.4 Å². The molecular formula is C10H15N3O5S. The Morgan fingerprint density at radius 1 is 1.53 bits per heavy atom. The third-order valence-corrected chi connectivity index (χ3v) is 3.89. The highest BCUT2D eigenvalue weighted by Crippen LogP contribution is 2.25. The maximum atomic E-state index is 12.0. The maximum Gasteiger partial charge on any atom is 0.289 e. The second-order valence-electron chi connectivity index (χ2n) is 3.88. The lowest BCUT2D eigenvalue weighted by molar-refractivity contribution is -0.387. The van der Waals surface area contributed by atoms with Crippen molar-refractivity contribution in [3.8, 4) is 0 Å². The summed E-state index contributed by atoms with van der Waals surface area (Å²) in [5.74, 6) is 0. The van der Waals surface area contributed by atoms with Gasteiger partial charge in [0, 0.05) is 25.4 Å². The van der Waals surface area contributed by atoms with Crippen molar-refractivity contribution in [3.05, 3.63) is 28.3 Å². The van der Waals surface area contributed by atoms with E-state index in [1.54, 1.807) is 6.92 Å². The van der Waals surface area contributed by atoms with Gasteiger partial charge >= 0.3 is 0 Å². The number of nitro groups is 1. The van der Waals surface area contributed by atoms with E-state index in [0.717, 1.165) is 12.1 Å². The second-order valence-corrected chi connectivity index (χ2v) is 5.62. The van der Waals surface area contributed by atoms with E-state index in [2.05, 4.69) is 4.72 Å². The highest BCUT2D eigenvalue weighted by atomic mass is 32.2. The molecule has 1 aromatic rings. The molecule has 0 aliphatic heterocycles. The fourth-order valence-electron chi connectivity index (χ4n) is 1.28. The predicted octanol–water partition coefficient (Wildman–Crippen LogP) is 0.490. The van der Waals surface area contributed by atoms with Gasteiger partial charge in [0.25, 0.3) is 5.69 Å². The van der Waals surface area contributed by atoms with Gasteiger partial charge in [-0.25, -0.2) is 13.1 Å². The van der Waals surface area contributed by atoms with Crippen LogP contribution in [-0.4, -0.2) is 33.1 Å². The fourth-order valence-corrected chi connectivity index (χ4v) is 2.60. The number of nitrogens with two attached hydrogens (primary N) is 1. The van der Waals surface area contributed by atoms with Crippen LogP contribution >= 0.6 is 0 Å². The zero-order valence-corrected chi connectivity index (χ0v) is 11.3. The average Bonchev–Trinajstić information content (AvgIpc) is 2.35. The summed E-state index contributed by atoms with van der Waals surface area (Å²) in [4.78, 5) is 9.59. The third-order valence-electron chi connectivity index (χ3n) is 2.43. The molecule has 0 aliphatic rings. The Morgan fingerprint density at radius 3 is 2.68 bits per heavy atom. The van der Waals surface area contributed by atoms with Crippen LogP contribution in [0.2, 0.25) is 0 Å². The number of nitrogen functional groups attached to an aromatic ring is 1. The largest absolute Gasteiger partial charge is 0.399 e. The molecule has 1 rings (SSSR count). The van der Waals surface area contributed by atoms with Crippen molar-refractivity contribution in [2.75, 3.05) is 19.4 Å². The van der Waals surface area contributed by atoms with Gasteiger partial charge in [0.15, 0.2) is 4.90 Å². The summed E-state index contributed by atoms with van der Waals surface area (Å²) >= 11 is 0. The second kappa shape index (κ2) is 5.95. The molecule has 19 heavy (non-hydrogen) atoms. The van der Waals surface area contributed by atoms with Crippen molar-refractivity contribution in [1.82, 2.24) is 4.72 Å². The molecule has 0 aliphatic carbocycles. The van der Waals surface area contributed by atoms with E-state index in [0.29, 0.717) is 0 Å². The van der Waals surface area contributed by atoms with Gasteiger partial charge < -0.3 is 10.5 Å². The van der Waals surface area contributed by atoms with E-state index < -0.39 is 25.5 Å². The molecule has 9 heteroatoms. The summed E-state index contributed by atoms with van der Waals surface area (Å²) < 4.78 is 31.1. The molecule has 0 bridgehead atoms. The zero-order chi connectivity index (χ0) is 14.6. The number of hydrogen-bond donors (Lipinski definition) is 2. The van der Waals surface area contributed by atoms with Gasteiger partial charge in [-0.05, 0) is 19.1 Å². The average molecular weight is 289 g/mol. The molecule has 8 nitrogen and oxygen atoms in total. The summed E-state index contributed by atoms with van der Waals surface area (Å²) in [5, 5.41) is 10.8. The molecule has 0 saturated heterocycles. The van der Waals surface area contributed by atoms with E-state index in [1.807, 2.05) is 0 Å². The molecule has 0 radical (unpaired) electrons. The first-order chi connectivity index (χ1) is 8.77. The van der Waals surface area contributed by atoms with Gasteiger partial charge in [-0.3, -0.25) is 10.1 Å². The Labute approximate surface area is 110 Å². The van der Waals surface area contributed by atoms with Crippen LogP contribution < -0.4 is 10.5 Å². The van der Waals surface area contributed by atoms with E-state index in [4.69, 9.17) is 10.5 Å². The predicted molar refractivity (Wildman–Crippen MR) is 69.2 cm³/mol. The van der Waals surface area contributed by atoms with Gasteiger partial charge in [0.05, 0.1) is 11.0 Å². The maximum absolute atomic E-state index is 12.0. The molecule has 1 atom stereocenters. The van der Waals surface area contributed by atoms with Gasteiger partial charge in [0.2, 0.25) is 10.0 Å². The van der Waals surface area contributed by atoms with Crippen LogP contribution in [0.5, 0.6) is 0 Å². The first-order valence-corrected chi connectivity index (χ1v) is 6.82. The summed E-state index contributed by atoms with van der Waals surface area (Å²) in [6.07, 6.45) is -0.352. The monoisotopic (exact) mass is 289 g/mol. The SMILES string of the molecule is COC(C)CNS(=O)(=O)c1cc(N)ccc1[N+](=O)[O-]. The third kappa shape index (κ3) is 3.88. The molecule has 0 amide bonds. The number of nitrogens with zero attached hydrogens (tertiary/aromatic N) is 1. The number of sulfonamides is 1. The molecule has 1 aromatic carbocycles. The van der Waals surface area contributed by atoms with Crippen LogP contribution in [0.3, 0.4) is 0 Å². The van der Waals surface area contributed by atoms with Gasteiger partial charge in [-0.1, -0.05) is 0 Å². The molecule has 3 N–H and O–H groups in total. The number of nitrogens with one attached hydrogen (secondary N) is 1. The number of rotatable bonds is 6. The molecule has 0 saturated carbocycles. The lowest BCUT2D eigenvalue weighted by atomic mass is 10.3. The summed E-state index contributed by atoms with van der Waals surface area (Å²) in [7, 11) is -2.58. The zero-order valence-electron chi connectivity index (χ0n) is 10.5. The van der Waals surface area contributed by atoms with E-state index in [9.17, 15) is 18.5 Å². The summed E-state index contributed by atoms with van der Waals surface area (Å²) in [6, 6.07) is 3.39. The first-order valence-electron chi connectivity index (χ1n) is 5.34. The minimum absolute atomic E-state index is 0.00475. The van der Waals surface area contributed by atoms with Crippen LogP contribution in [0.1, 0.15) is 6.92 Å². The highest BCUT2D eigenvalue weighted by molar-refractivity contribution is 7.89. The molecule has 0 fully saturated rings. The highest BCUT2D eigenvalue weighted by Gasteiger charge is 2.26. The molecule has 0 spiro atoms. The fraction of sp³-hybridized carbons (Fsp3) is 0.400. The normalized spacial score (nSPS) is 13.2. The Kier molecular flexibility index (Phi) is 4.81. The van der Waals surface area contributed by atoms with Gasteiger partial charge in [-0.2, -0.15) is 0 Å². The number of nitro benzene ring substituents is 1. The number of ether oxygens (including phenoxy) is 1. The minimum atomic E-state index is -4.02. The lowest BCUT2D eigenvalue weighted by Gasteiger charge is -2.11. The van der Waals surface area contributed by atoms with E-state index in [1.165, 1.54) is 13.2 Å². The topological polar surface area (TPSA) is 125 Å². The quantitative estimate of drug-likeness (QED) is 0.446. The Hall–Kier alpha value is -1.71. The number of anilines is 1. The number of benzene rings is 1. The number of hydrogen-bond acceptors (Lipinski definition) is 6. The molecule has 1 unspecified atom stereocenters. The van der Waals surface area contributed by atoms with Crippen LogP contribution in [0, 0.1) is 10.1 Å². The smallest absolute Gasteiger partial charge is 0.289 e. The molecule has 0 aromatic heterocycles. The van der Waals surface area contributed by atoms with Crippen LogP contribution in [0.25, 0.3) is 0 Å². The summed E-state index contributed by atoms with van der Waals surface area (Å²) in [6.45, 7) is 1.67. The van der Waals surface area contributed by atoms with Crippen LogP contribution in [0.15, 0.2) is 23.1 Å².